The number of benzene rings is 1. The van der Waals surface area contributed by atoms with Crippen molar-refractivity contribution in [3.63, 3.8) is 0 Å². The second-order valence-corrected chi connectivity index (χ2v) is 10.7. The smallest absolute Gasteiger partial charge is 0.254 e. The molecule has 0 spiro atoms. The molecule has 0 radical (unpaired) electrons. The number of piperidine rings is 2. The SMILES string of the molecule is COCCNS(=O)(=O)c1ccc(C)c(C(=O)N2CCC(C(=O)N3CCC(C)CC3)CC2)c1. The van der Waals surface area contributed by atoms with Gasteiger partial charge in [0.05, 0.1) is 11.5 Å². The highest BCUT2D eigenvalue weighted by Crippen LogP contribution is 2.25. The van der Waals surface area contributed by atoms with Crippen molar-refractivity contribution in [2.45, 2.75) is 44.4 Å². The van der Waals surface area contributed by atoms with Gasteiger partial charge in [-0.3, -0.25) is 9.59 Å². The zero-order valence-electron chi connectivity index (χ0n) is 19.3. The Morgan fingerprint density at radius 2 is 1.69 bits per heavy atom. The third-order valence-corrected chi connectivity index (χ3v) is 8.03. The second-order valence-electron chi connectivity index (χ2n) is 8.94. The van der Waals surface area contributed by atoms with E-state index in [-0.39, 0.29) is 35.8 Å². The highest BCUT2D eigenvalue weighted by molar-refractivity contribution is 7.89. The van der Waals surface area contributed by atoms with Crippen LogP contribution < -0.4 is 4.72 Å². The molecule has 9 heteroatoms. The first-order valence-electron chi connectivity index (χ1n) is 11.4. The summed E-state index contributed by atoms with van der Waals surface area (Å²) in [6, 6.07) is 4.61. The van der Waals surface area contributed by atoms with E-state index in [1.54, 1.807) is 17.9 Å². The maximum absolute atomic E-state index is 13.2. The molecule has 3 rings (SSSR count). The molecular weight excluding hydrogens is 430 g/mol. The zero-order chi connectivity index (χ0) is 23.3. The zero-order valence-corrected chi connectivity index (χ0v) is 20.1. The number of sulfonamides is 1. The fourth-order valence-electron chi connectivity index (χ4n) is 4.35. The Morgan fingerprint density at radius 1 is 1.06 bits per heavy atom. The highest BCUT2D eigenvalue weighted by Gasteiger charge is 2.32. The molecule has 8 nitrogen and oxygen atoms in total. The van der Waals surface area contributed by atoms with Crippen molar-refractivity contribution in [2.24, 2.45) is 11.8 Å². The van der Waals surface area contributed by atoms with Crippen LogP contribution in [0.4, 0.5) is 0 Å². The van der Waals surface area contributed by atoms with Gasteiger partial charge in [0.25, 0.3) is 5.91 Å². The van der Waals surface area contributed by atoms with Crippen LogP contribution in [-0.2, 0) is 19.6 Å². The number of nitrogens with zero attached hydrogens (tertiary/aromatic N) is 2. The molecular formula is C23H35N3O5S. The number of hydrogen-bond donors (Lipinski definition) is 1. The summed E-state index contributed by atoms with van der Waals surface area (Å²) >= 11 is 0. The van der Waals surface area contributed by atoms with Crippen molar-refractivity contribution in [1.29, 1.82) is 0 Å². The molecule has 0 aromatic heterocycles. The Morgan fingerprint density at radius 3 is 2.31 bits per heavy atom. The Balaban J connectivity index is 1.63. The van der Waals surface area contributed by atoms with E-state index in [2.05, 4.69) is 11.6 Å². The third kappa shape index (κ3) is 5.88. The van der Waals surface area contributed by atoms with Gasteiger partial charge in [-0.05, 0) is 56.2 Å². The number of nitrogens with one attached hydrogen (secondary N) is 1. The third-order valence-electron chi connectivity index (χ3n) is 6.57. The van der Waals surface area contributed by atoms with E-state index in [1.165, 1.54) is 19.2 Å². The van der Waals surface area contributed by atoms with Gasteiger partial charge in [-0.2, -0.15) is 0 Å². The van der Waals surface area contributed by atoms with Gasteiger partial charge < -0.3 is 14.5 Å². The van der Waals surface area contributed by atoms with E-state index in [9.17, 15) is 18.0 Å². The molecule has 0 saturated carbocycles. The molecule has 1 N–H and O–H groups in total. The van der Waals surface area contributed by atoms with Crippen molar-refractivity contribution in [1.82, 2.24) is 14.5 Å². The number of ether oxygens (including phenoxy) is 1. The van der Waals surface area contributed by atoms with Crippen molar-refractivity contribution in [3.05, 3.63) is 29.3 Å². The molecule has 2 fully saturated rings. The largest absolute Gasteiger partial charge is 0.383 e. The molecule has 1 aromatic carbocycles. The van der Waals surface area contributed by atoms with Crippen molar-refractivity contribution in [3.8, 4) is 0 Å². The average Bonchev–Trinajstić information content (AvgIpc) is 2.79. The van der Waals surface area contributed by atoms with Crippen molar-refractivity contribution >= 4 is 21.8 Å². The molecule has 2 aliphatic heterocycles. The number of likely N-dealkylation sites (tertiary alicyclic amines) is 2. The second kappa shape index (κ2) is 10.8. The fourth-order valence-corrected chi connectivity index (χ4v) is 5.39. The molecule has 2 amide bonds. The van der Waals surface area contributed by atoms with Crippen molar-refractivity contribution in [2.75, 3.05) is 46.4 Å². The highest BCUT2D eigenvalue weighted by atomic mass is 32.2. The minimum Gasteiger partial charge on any atom is -0.383 e. The summed E-state index contributed by atoms with van der Waals surface area (Å²) in [5, 5.41) is 0. The van der Waals surface area contributed by atoms with E-state index in [4.69, 9.17) is 4.74 Å². The van der Waals surface area contributed by atoms with Gasteiger partial charge in [0.2, 0.25) is 15.9 Å². The molecule has 0 atom stereocenters. The maximum Gasteiger partial charge on any atom is 0.254 e. The lowest BCUT2D eigenvalue weighted by Gasteiger charge is -2.37. The van der Waals surface area contributed by atoms with Gasteiger partial charge in [0, 0.05) is 51.3 Å². The lowest BCUT2D eigenvalue weighted by Crippen LogP contribution is -2.46. The van der Waals surface area contributed by atoms with Gasteiger partial charge >= 0.3 is 0 Å². The van der Waals surface area contributed by atoms with Gasteiger partial charge in [0.15, 0.2) is 0 Å². The quantitative estimate of drug-likeness (QED) is 0.622. The molecule has 178 valence electrons. The lowest BCUT2D eigenvalue weighted by molar-refractivity contribution is -0.138. The Hall–Kier alpha value is -1.97. The summed E-state index contributed by atoms with van der Waals surface area (Å²) in [5.74, 6) is 0.673. The van der Waals surface area contributed by atoms with Crippen LogP contribution >= 0.6 is 0 Å². The van der Waals surface area contributed by atoms with Crippen LogP contribution in [0.15, 0.2) is 23.1 Å². The normalized spacial score (nSPS) is 18.7. The summed E-state index contributed by atoms with van der Waals surface area (Å²) in [4.78, 5) is 29.8. The Labute approximate surface area is 191 Å². The first-order chi connectivity index (χ1) is 15.2. The number of amides is 2. The van der Waals surface area contributed by atoms with Crippen molar-refractivity contribution < 1.29 is 22.7 Å². The summed E-state index contributed by atoms with van der Waals surface area (Å²) < 4.78 is 32.4. The maximum atomic E-state index is 13.2. The summed E-state index contributed by atoms with van der Waals surface area (Å²) in [7, 11) is -2.22. The van der Waals surface area contributed by atoms with Crippen LogP contribution in [0.3, 0.4) is 0 Å². The fraction of sp³-hybridized carbons (Fsp3) is 0.652. The molecule has 0 aliphatic carbocycles. The number of methoxy groups -OCH3 is 1. The average molecular weight is 466 g/mol. The van der Waals surface area contributed by atoms with Crippen LogP contribution in [0.2, 0.25) is 0 Å². The predicted octanol–water partition coefficient (Wildman–Crippen LogP) is 2.03. The summed E-state index contributed by atoms with van der Waals surface area (Å²) in [5.41, 5.74) is 1.11. The van der Waals surface area contributed by atoms with Gasteiger partial charge in [-0.15, -0.1) is 0 Å². The van der Waals surface area contributed by atoms with Gasteiger partial charge in [0.1, 0.15) is 0 Å². The first kappa shape index (κ1) is 24.7. The molecule has 1 aromatic rings. The standard InChI is InChI=1S/C23H35N3O5S/c1-17-6-11-25(12-7-17)22(27)19-8-13-26(14-9-19)23(28)21-16-20(5-4-18(21)2)32(29,30)24-10-15-31-3/h4-5,16-17,19,24H,6-15H2,1-3H3. The molecule has 0 unspecified atom stereocenters. The van der Waals surface area contributed by atoms with E-state index in [0.717, 1.165) is 31.5 Å². The first-order valence-corrected chi connectivity index (χ1v) is 12.9. The molecule has 2 aliphatic rings. The Bertz CT molecular complexity index is 918. The number of rotatable bonds is 7. The molecule has 0 bridgehead atoms. The summed E-state index contributed by atoms with van der Waals surface area (Å²) in [6.07, 6.45) is 3.41. The monoisotopic (exact) mass is 465 g/mol. The lowest BCUT2D eigenvalue weighted by atomic mass is 9.92. The number of carbonyl (C=O) groups is 2. The van der Waals surface area contributed by atoms with Crippen LogP contribution in [0.25, 0.3) is 0 Å². The summed E-state index contributed by atoms with van der Waals surface area (Å²) in [6.45, 7) is 7.12. The topological polar surface area (TPSA) is 96.0 Å². The van der Waals surface area contributed by atoms with E-state index < -0.39 is 10.0 Å². The number of hydrogen-bond acceptors (Lipinski definition) is 5. The van der Waals surface area contributed by atoms with Crippen LogP contribution in [0, 0.1) is 18.8 Å². The van der Waals surface area contributed by atoms with E-state index in [0.29, 0.717) is 37.4 Å². The number of aryl methyl sites for hydroxylation is 1. The molecule has 2 heterocycles. The van der Waals surface area contributed by atoms with Gasteiger partial charge in [-0.1, -0.05) is 13.0 Å². The number of carbonyl (C=O) groups excluding carboxylic acids is 2. The molecule has 32 heavy (non-hydrogen) atoms. The van der Waals surface area contributed by atoms with Gasteiger partial charge in [-0.25, -0.2) is 13.1 Å². The minimum absolute atomic E-state index is 0.0368. The van der Waals surface area contributed by atoms with Crippen LogP contribution in [0.5, 0.6) is 0 Å². The Kier molecular flexibility index (Phi) is 8.30. The predicted molar refractivity (Wildman–Crippen MR) is 122 cm³/mol. The van der Waals surface area contributed by atoms with Crippen LogP contribution in [0.1, 0.15) is 48.5 Å². The van der Waals surface area contributed by atoms with Crippen LogP contribution in [-0.4, -0.2) is 76.5 Å². The van der Waals surface area contributed by atoms with E-state index >= 15 is 0 Å². The minimum atomic E-state index is -3.72. The molecule has 2 saturated heterocycles. The van der Waals surface area contributed by atoms with E-state index in [1.807, 2.05) is 4.90 Å².